The largest absolute Gasteiger partial charge is 0.490 e. The van der Waals surface area contributed by atoms with Crippen LogP contribution in [0.4, 0.5) is 0 Å². The third-order valence-corrected chi connectivity index (χ3v) is 6.04. The van der Waals surface area contributed by atoms with Crippen molar-refractivity contribution in [3.05, 3.63) is 71.2 Å². The molecular formula is C30H43ClN2O6. The Morgan fingerprint density at radius 3 is 2.49 bits per heavy atom. The van der Waals surface area contributed by atoms with Crippen molar-refractivity contribution in [2.24, 2.45) is 11.3 Å². The van der Waals surface area contributed by atoms with Gasteiger partial charge in [0.15, 0.2) is 5.76 Å². The van der Waals surface area contributed by atoms with Crippen molar-refractivity contribution in [1.29, 1.82) is 0 Å². The summed E-state index contributed by atoms with van der Waals surface area (Å²) in [5, 5.41) is 16.0. The molecule has 1 aliphatic heterocycles. The monoisotopic (exact) mass is 562 g/mol. The molecule has 0 saturated carbocycles. The van der Waals surface area contributed by atoms with Crippen LogP contribution in [0.3, 0.4) is 0 Å². The molecule has 9 heteroatoms. The number of rotatable bonds is 13. The van der Waals surface area contributed by atoms with E-state index in [9.17, 15) is 19.5 Å². The average Bonchev–Trinajstić information content (AvgIpc) is 2.85. The van der Waals surface area contributed by atoms with Crippen molar-refractivity contribution >= 4 is 29.4 Å². The smallest absolute Gasteiger partial charge is 0.373 e. The zero-order valence-corrected chi connectivity index (χ0v) is 24.7. The summed E-state index contributed by atoms with van der Waals surface area (Å²) in [5.74, 6) is -0.991. The summed E-state index contributed by atoms with van der Waals surface area (Å²) < 4.78 is 10.4. The third-order valence-electron chi connectivity index (χ3n) is 5.88. The molecule has 0 fully saturated rings. The Labute approximate surface area is 237 Å². The molecule has 216 valence electrons. The summed E-state index contributed by atoms with van der Waals surface area (Å²) in [6.45, 7) is 11.2. The van der Waals surface area contributed by atoms with Crippen LogP contribution in [0.2, 0.25) is 0 Å². The first kappa shape index (κ1) is 33.9. The average molecular weight is 563 g/mol. The third kappa shape index (κ3) is 13.5. The number of esters is 1. The minimum atomic E-state index is -0.775. The number of carbonyl (C=O) groups excluding carboxylic acids is 3. The SMILES string of the molecule is COC1=CCC([C@@H](C)/C=C(C)/C=C\C=C/C(=O)N[C@H](C(=O)N/C=C\C[C@@H](O)C/C=C(\C)Cl)C(C)(C)C)OC1=O. The number of hydrogen-bond acceptors (Lipinski definition) is 6. The highest BCUT2D eigenvalue weighted by Crippen LogP contribution is 2.23. The zero-order valence-electron chi connectivity index (χ0n) is 24.0. The molecule has 3 N–H and O–H groups in total. The molecule has 1 rings (SSSR count). The first-order valence-electron chi connectivity index (χ1n) is 13.0. The summed E-state index contributed by atoms with van der Waals surface area (Å²) in [7, 11) is 1.44. The molecule has 2 amide bonds. The van der Waals surface area contributed by atoms with E-state index in [0.29, 0.717) is 24.3 Å². The van der Waals surface area contributed by atoms with Gasteiger partial charge in [0.2, 0.25) is 11.8 Å². The Bertz CT molecular complexity index is 1030. The Morgan fingerprint density at radius 2 is 1.90 bits per heavy atom. The van der Waals surface area contributed by atoms with E-state index in [2.05, 4.69) is 10.6 Å². The van der Waals surface area contributed by atoms with Crippen LogP contribution in [0.5, 0.6) is 0 Å². The second kappa shape index (κ2) is 16.8. The van der Waals surface area contributed by atoms with Gasteiger partial charge in [-0.15, -0.1) is 0 Å². The Morgan fingerprint density at radius 1 is 1.23 bits per heavy atom. The number of aliphatic hydroxyl groups excluding tert-OH is 1. The zero-order chi connectivity index (χ0) is 29.6. The number of cyclic esters (lactones) is 1. The highest BCUT2D eigenvalue weighted by atomic mass is 35.5. The Balaban J connectivity index is 2.64. The molecule has 0 spiro atoms. The molecule has 0 aromatic carbocycles. The summed E-state index contributed by atoms with van der Waals surface area (Å²) in [6.07, 6.45) is 15.6. The van der Waals surface area contributed by atoms with Gasteiger partial charge >= 0.3 is 5.97 Å². The number of hydrogen-bond donors (Lipinski definition) is 3. The maximum Gasteiger partial charge on any atom is 0.373 e. The van der Waals surface area contributed by atoms with Crippen molar-refractivity contribution in [2.45, 2.75) is 79.1 Å². The fraction of sp³-hybridized carbons (Fsp3) is 0.500. The molecule has 8 nitrogen and oxygen atoms in total. The summed E-state index contributed by atoms with van der Waals surface area (Å²) in [6, 6.07) is -0.775. The van der Waals surface area contributed by atoms with Crippen LogP contribution in [0.15, 0.2) is 71.2 Å². The first-order chi connectivity index (χ1) is 18.2. The summed E-state index contributed by atoms with van der Waals surface area (Å²) in [5.41, 5.74) is 0.416. The van der Waals surface area contributed by atoms with Gasteiger partial charge < -0.3 is 25.2 Å². The van der Waals surface area contributed by atoms with E-state index in [1.165, 1.54) is 19.4 Å². The molecule has 39 heavy (non-hydrogen) atoms. The molecule has 0 radical (unpaired) electrons. The van der Waals surface area contributed by atoms with E-state index < -0.39 is 29.4 Å². The van der Waals surface area contributed by atoms with Gasteiger partial charge in [0.05, 0.1) is 13.2 Å². The second-order valence-electron chi connectivity index (χ2n) is 10.6. The molecule has 4 atom stereocenters. The first-order valence-corrected chi connectivity index (χ1v) is 13.4. The van der Waals surface area contributed by atoms with Gasteiger partial charge in [0, 0.05) is 23.4 Å². The lowest BCUT2D eigenvalue weighted by atomic mass is 9.86. The predicted molar refractivity (Wildman–Crippen MR) is 154 cm³/mol. The standard InChI is InChI=1S/C30H43ClN2O6/c1-20(19-21(2)24-16-17-25(38-7)29(37)39-24)11-8-9-13-26(35)33-27(30(4,5)6)28(36)32-18-10-12-23(34)15-14-22(3)31/h8-11,13-14,17-19,21,23-24,27,34H,12,15-16H2,1-7H3,(H,32,36)(H,33,35)/b11-8-,13-9-,18-10-,20-19+,22-14+/t21-,23+,24?,27+/m0/s1. The van der Waals surface area contributed by atoms with Gasteiger partial charge in [-0.3, -0.25) is 9.59 Å². The van der Waals surface area contributed by atoms with Crippen molar-refractivity contribution < 1.29 is 29.0 Å². The van der Waals surface area contributed by atoms with Crippen molar-refractivity contribution in [2.75, 3.05) is 7.11 Å². The van der Waals surface area contributed by atoms with E-state index in [-0.39, 0.29) is 23.7 Å². The molecule has 0 saturated heterocycles. The van der Waals surface area contributed by atoms with Gasteiger partial charge in [0.25, 0.3) is 0 Å². The number of allylic oxidation sites excluding steroid dienone is 5. The Kier molecular flexibility index (Phi) is 14.6. The van der Waals surface area contributed by atoms with Gasteiger partial charge in [-0.2, -0.15) is 0 Å². The normalized spacial score (nSPS) is 19.6. The van der Waals surface area contributed by atoms with E-state index in [4.69, 9.17) is 21.1 Å². The molecule has 0 bridgehead atoms. The van der Waals surface area contributed by atoms with Gasteiger partial charge in [-0.05, 0) is 44.4 Å². The van der Waals surface area contributed by atoms with Crippen LogP contribution >= 0.6 is 11.6 Å². The predicted octanol–water partition coefficient (Wildman–Crippen LogP) is 4.97. The topological polar surface area (TPSA) is 114 Å². The van der Waals surface area contributed by atoms with E-state index in [1.807, 2.05) is 46.8 Å². The lowest BCUT2D eigenvalue weighted by Gasteiger charge is -2.29. The maximum absolute atomic E-state index is 12.7. The highest BCUT2D eigenvalue weighted by Gasteiger charge is 2.32. The lowest BCUT2D eigenvalue weighted by molar-refractivity contribution is -0.151. The van der Waals surface area contributed by atoms with Gasteiger partial charge in [-0.1, -0.05) is 81.3 Å². The molecule has 1 unspecified atom stereocenters. The van der Waals surface area contributed by atoms with Crippen molar-refractivity contribution in [3.8, 4) is 0 Å². The fourth-order valence-corrected chi connectivity index (χ4v) is 3.77. The minimum absolute atomic E-state index is 0.00409. The van der Waals surface area contributed by atoms with Gasteiger partial charge in [0.1, 0.15) is 12.1 Å². The molecule has 0 aliphatic carbocycles. The molecule has 0 aromatic rings. The molecule has 0 aromatic heterocycles. The highest BCUT2D eigenvalue weighted by molar-refractivity contribution is 6.29. The molecule has 1 aliphatic rings. The summed E-state index contributed by atoms with van der Waals surface area (Å²) in [4.78, 5) is 37.1. The quantitative estimate of drug-likeness (QED) is 0.166. The van der Waals surface area contributed by atoms with E-state index >= 15 is 0 Å². The molecule has 1 heterocycles. The Hall–Kier alpha value is -3.10. The number of halogens is 1. The van der Waals surface area contributed by atoms with Crippen molar-refractivity contribution in [3.63, 3.8) is 0 Å². The minimum Gasteiger partial charge on any atom is -0.490 e. The van der Waals surface area contributed by atoms with Crippen LogP contribution in [-0.4, -0.2) is 48.2 Å². The number of nitrogens with one attached hydrogen (secondary N) is 2. The number of ether oxygens (including phenoxy) is 2. The van der Waals surface area contributed by atoms with E-state index in [0.717, 1.165) is 5.57 Å². The number of carbonyl (C=O) groups is 3. The maximum atomic E-state index is 12.7. The summed E-state index contributed by atoms with van der Waals surface area (Å²) >= 11 is 5.77. The van der Waals surface area contributed by atoms with Crippen LogP contribution in [0.25, 0.3) is 0 Å². The number of amides is 2. The van der Waals surface area contributed by atoms with Crippen molar-refractivity contribution in [1.82, 2.24) is 10.6 Å². The lowest BCUT2D eigenvalue weighted by Crippen LogP contribution is -2.52. The second-order valence-corrected chi connectivity index (χ2v) is 11.2. The van der Waals surface area contributed by atoms with Crippen LogP contribution in [0.1, 0.15) is 60.8 Å². The van der Waals surface area contributed by atoms with Crippen LogP contribution < -0.4 is 10.6 Å². The van der Waals surface area contributed by atoms with E-state index in [1.54, 1.807) is 37.3 Å². The molecular weight excluding hydrogens is 520 g/mol. The number of aliphatic hydroxyl groups is 1. The van der Waals surface area contributed by atoms with Crippen LogP contribution in [0, 0.1) is 11.3 Å². The number of methoxy groups -OCH3 is 1. The van der Waals surface area contributed by atoms with Gasteiger partial charge in [-0.25, -0.2) is 4.79 Å². The van der Waals surface area contributed by atoms with Crippen LogP contribution in [-0.2, 0) is 23.9 Å². The fourth-order valence-electron chi connectivity index (χ4n) is 3.68.